The highest BCUT2D eigenvalue weighted by molar-refractivity contribution is 6.33. The largest absolute Gasteiger partial charge is 0.256 e. The topological polar surface area (TPSA) is 12.4 Å². The molecule has 2 aromatic carbocycles. The lowest BCUT2D eigenvalue weighted by Gasteiger charge is -2.01. The predicted octanol–water partition coefficient (Wildman–Crippen LogP) is 5.05. The van der Waals surface area contributed by atoms with Crippen LogP contribution in [0.5, 0.6) is 0 Å². The summed E-state index contributed by atoms with van der Waals surface area (Å²) in [5, 5.41) is 1.37. The van der Waals surface area contributed by atoms with Crippen molar-refractivity contribution in [3.8, 4) is 0 Å². The van der Waals surface area contributed by atoms with Crippen molar-refractivity contribution in [2.45, 2.75) is 6.92 Å². The van der Waals surface area contributed by atoms with Gasteiger partial charge >= 0.3 is 0 Å². The summed E-state index contributed by atoms with van der Waals surface area (Å²) in [6.07, 6.45) is 1.75. The van der Waals surface area contributed by atoms with Gasteiger partial charge in [-0.15, -0.1) is 0 Å². The van der Waals surface area contributed by atoms with Crippen molar-refractivity contribution < 1.29 is 0 Å². The van der Waals surface area contributed by atoms with Crippen LogP contribution in [0, 0.1) is 6.92 Å². The quantitative estimate of drug-likeness (QED) is 0.673. The fourth-order valence-electron chi connectivity index (χ4n) is 1.44. The number of aliphatic imine (C=N–C) groups is 1. The smallest absolute Gasteiger partial charge is 0.0673 e. The minimum absolute atomic E-state index is 0.682. The fourth-order valence-corrected chi connectivity index (χ4v) is 1.79. The highest BCUT2D eigenvalue weighted by atomic mass is 35.5. The molecule has 0 amide bonds. The van der Waals surface area contributed by atoms with Crippen LogP contribution < -0.4 is 0 Å². The van der Waals surface area contributed by atoms with Crippen LogP contribution in [-0.4, -0.2) is 6.21 Å². The lowest BCUT2D eigenvalue weighted by molar-refractivity contribution is 1.40. The van der Waals surface area contributed by atoms with E-state index in [2.05, 4.69) is 4.99 Å². The van der Waals surface area contributed by atoms with Crippen LogP contribution in [0.1, 0.15) is 11.1 Å². The Balaban J connectivity index is 2.32. The van der Waals surface area contributed by atoms with Crippen molar-refractivity contribution in [3.05, 3.63) is 63.6 Å². The summed E-state index contributed by atoms with van der Waals surface area (Å²) in [5.41, 5.74) is 2.84. The molecule has 3 heteroatoms. The van der Waals surface area contributed by atoms with Gasteiger partial charge in [0.1, 0.15) is 0 Å². The second-order valence-corrected chi connectivity index (χ2v) is 4.55. The number of benzene rings is 2. The molecular weight excluding hydrogens is 253 g/mol. The monoisotopic (exact) mass is 263 g/mol. The minimum Gasteiger partial charge on any atom is -0.256 e. The Bertz CT molecular complexity index is 562. The summed E-state index contributed by atoms with van der Waals surface area (Å²) in [5.74, 6) is 0. The first-order chi connectivity index (χ1) is 8.16. The third-order valence-electron chi connectivity index (χ3n) is 2.42. The summed E-state index contributed by atoms with van der Waals surface area (Å²) in [7, 11) is 0. The molecule has 2 rings (SSSR count). The van der Waals surface area contributed by atoms with E-state index >= 15 is 0 Å². The zero-order valence-electron chi connectivity index (χ0n) is 9.32. The Morgan fingerprint density at radius 3 is 2.59 bits per heavy atom. The molecule has 0 unspecified atom stereocenters. The maximum Gasteiger partial charge on any atom is 0.0673 e. The number of nitrogens with zero attached hydrogens (tertiary/aromatic N) is 1. The number of hydrogen-bond acceptors (Lipinski definition) is 1. The number of hydrogen-bond donors (Lipinski definition) is 0. The Kier molecular flexibility index (Phi) is 3.82. The average molecular weight is 264 g/mol. The molecular formula is C14H11Cl2N. The molecule has 0 saturated heterocycles. The van der Waals surface area contributed by atoms with Gasteiger partial charge in [0.05, 0.1) is 5.69 Å². The zero-order chi connectivity index (χ0) is 12.3. The molecule has 0 bridgehead atoms. The van der Waals surface area contributed by atoms with Gasteiger partial charge in [0.15, 0.2) is 0 Å². The van der Waals surface area contributed by atoms with Gasteiger partial charge in [-0.2, -0.15) is 0 Å². The lowest BCUT2D eigenvalue weighted by atomic mass is 10.2. The average Bonchev–Trinajstić information content (AvgIpc) is 2.32. The zero-order valence-corrected chi connectivity index (χ0v) is 10.8. The summed E-state index contributed by atoms with van der Waals surface area (Å²) in [6.45, 7) is 2.00. The third-order valence-corrected chi connectivity index (χ3v) is 3.00. The van der Waals surface area contributed by atoms with Crippen LogP contribution in [0.4, 0.5) is 5.69 Å². The van der Waals surface area contributed by atoms with Crippen LogP contribution in [0.25, 0.3) is 0 Å². The van der Waals surface area contributed by atoms with Gasteiger partial charge in [-0.05, 0) is 30.7 Å². The third kappa shape index (κ3) is 3.09. The van der Waals surface area contributed by atoms with E-state index in [-0.39, 0.29) is 0 Å². The van der Waals surface area contributed by atoms with Gasteiger partial charge < -0.3 is 0 Å². The molecule has 0 atom stereocenters. The minimum atomic E-state index is 0.682. The molecule has 0 radical (unpaired) electrons. The molecule has 2 aromatic rings. The van der Waals surface area contributed by atoms with Crippen molar-refractivity contribution in [2.75, 3.05) is 0 Å². The SMILES string of the molecule is Cc1ccc(Cl)cc1N=Cc1ccccc1Cl. The second-order valence-electron chi connectivity index (χ2n) is 3.71. The number of rotatable bonds is 2. The summed E-state index contributed by atoms with van der Waals surface area (Å²) in [6, 6.07) is 13.2. The first kappa shape index (κ1) is 12.2. The van der Waals surface area contributed by atoms with E-state index in [1.165, 1.54) is 0 Å². The van der Waals surface area contributed by atoms with Crippen LogP contribution >= 0.6 is 23.2 Å². The summed E-state index contributed by atoms with van der Waals surface area (Å²) >= 11 is 12.0. The van der Waals surface area contributed by atoms with Crippen molar-refractivity contribution >= 4 is 35.1 Å². The second kappa shape index (κ2) is 5.35. The van der Waals surface area contributed by atoms with Gasteiger partial charge in [0, 0.05) is 21.8 Å². The van der Waals surface area contributed by atoms with Gasteiger partial charge in [0.2, 0.25) is 0 Å². The molecule has 0 aliphatic rings. The van der Waals surface area contributed by atoms with E-state index in [9.17, 15) is 0 Å². The molecule has 86 valence electrons. The van der Waals surface area contributed by atoms with E-state index in [1.807, 2.05) is 49.4 Å². The lowest BCUT2D eigenvalue weighted by Crippen LogP contribution is -1.82. The molecule has 0 spiro atoms. The van der Waals surface area contributed by atoms with Gasteiger partial charge in [-0.1, -0.05) is 47.5 Å². The molecule has 0 N–H and O–H groups in total. The van der Waals surface area contributed by atoms with E-state index in [0.717, 1.165) is 16.8 Å². The molecule has 0 heterocycles. The Morgan fingerprint density at radius 1 is 1.06 bits per heavy atom. The van der Waals surface area contributed by atoms with Crippen molar-refractivity contribution in [2.24, 2.45) is 4.99 Å². The molecule has 0 fully saturated rings. The molecule has 0 saturated carbocycles. The van der Waals surface area contributed by atoms with Crippen molar-refractivity contribution in [3.63, 3.8) is 0 Å². The maximum atomic E-state index is 6.04. The van der Waals surface area contributed by atoms with Crippen LogP contribution in [0.2, 0.25) is 10.0 Å². The van der Waals surface area contributed by atoms with Gasteiger partial charge in [-0.3, -0.25) is 4.99 Å². The number of halogens is 2. The first-order valence-corrected chi connectivity index (χ1v) is 5.97. The van der Waals surface area contributed by atoms with Gasteiger partial charge in [0.25, 0.3) is 0 Å². The van der Waals surface area contributed by atoms with Crippen LogP contribution in [0.3, 0.4) is 0 Å². The maximum absolute atomic E-state index is 6.04. The van der Waals surface area contributed by atoms with Crippen LogP contribution in [0.15, 0.2) is 47.5 Å². The Hall–Kier alpha value is -1.31. The highest BCUT2D eigenvalue weighted by Crippen LogP contribution is 2.23. The Morgan fingerprint density at radius 2 is 1.82 bits per heavy atom. The highest BCUT2D eigenvalue weighted by Gasteiger charge is 1.98. The van der Waals surface area contributed by atoms with E-state index < -0.39 is 0 Å². The predicted molar refractivity (Wildman–Crippen MR) is 74.9 cm³/mol. The molecule has 0 aliphatic carbocycles. The normalized spacial score (nSPS) is 11.0. The van der Waals surface area contributed by atoms with Gasteiger partial charge in [-0.25, -0.2) is 0 Å². The molecule has 0 aliphatic heterocycles. The summed E-state index contributed by atoms with van der Waals surface area (Å²) < 4.78 is 0. The number of aryl methyl sites for hydroxylation is 1. The van der Waals surface area contributed by atoms with E-state index in [1.54, 1.807) is 6.21 Å². The fraction of sp³-hybridized carbons (Fsp3) is 0.0714. The molecule has 1 nitrogen and oxygen atoms in total. The Labute approximate surface area is 111 Å². The first-order valence-electron chi connectivity index (χ1n) is 5.21. The molecule has 17 heavy (non-hydrogen) atoms. The van der Waals surface area contributed by atoms with Crippen LogP contribution in [-0.2, 0) is 0 Å². The molecule has 0 aromatic heterocycles. The summed E-state index contributed by atoms with van der Waals surface area (Å²) in [4.78, 5) is 4.40. The van der Waals surface area contributed by atoms with E-state index in [0.29, 0.717) is 10.0 Å². The van der Waals surface area contributed by atoms with Crippen molar-refractivity contribution in [1.29, 1.82) is 0 Å². The van der Waals surface area contributed by atoms with E-state index in [4.69, 9.17) is 23.2 Å². The van der Waals surface area contributed by atoms with Crippen molar-refractivity contribution in [1.82, 2.24) is 0 Å². The standard InChI is InChI=1S/C14H11Cl2N/c1-10-6-7-12(15)8-14(10)17-9-11-4-2-3-5-13(11)16/h2-9H,1H3.